The third kappa shape index (κ3) is 6.11. The van der Waals surface area contributed by atoms with Crippen molar-refractivity contribution in [1.29, 1.82) is 0 Å². The number of benzene rings is 3. The summed E-state index contributed by atoms with van der Waals surface area (Å²) in [4.78, 5) is 24.1. The van der Waals surface area contributed by atoms with Gasteiger partial charge < -0.3 is 10.6 Å². The molecule has 2 amide bonds. The SMILES string of the molecule is O=C(/C=C/c1ccc(Cl)cc1)Nc1ccc(NC(=O)Cc2ccccc2)cc1. The first-order valence-corrected chi connectivity index (χ1v) is 9.15. The maximum Gasteiger partial charge on any atom is 0.248 e. The van der Waals surface area contributed by atoms with Crippen molar-refractivity contribution in [2.75, 3.05) is 10.6 Å². The minimum Gasteiger partial charge on any atom is -0.326 e. The van der Waals surface area contributed by atoms with Crippen LogP contribution in [0.2, 0.25) is 5.02 Å². The van der Waals surface area contributed by atoms with Crippen LogP contribution in [0, 0.1) is 0 Å². The van der Waals surface area contributed by atoms with Gasteiger partial charge in [-0.25, -0.2) is 0 Å². The molecule has 2 N–H and O–H groups in total. The van der Waals surface area contributed by atoms with E-state index in [1.54, 1.807) is 42.5 Å². The van der Waals surface area contributed by atoms with Crippen molar-refractivity contribution in [2.45, 2.75) is 6.42 Å². The largest absolute Gasteiger partial charge is 0.326 e. The zero-order valence-corrected chi connectivity index (χ0v) is 15.8. The quantitative estimate of drug-likeness (QED) is 0.570. The van der Waals surface area contributed by atoms with Gasteiger partial charge >= 0.3 is 0 Å². The number of halogens is 1. The van der Waals surface area contributed by atoms with Gasteiger partial charge in [0.25, 0.3) is 0 Å². The smallest absolute Gasteiger partial charge is 0.248 e. The van der Waals surface area contributed by atoms with Gasteiger partial charge in [0.15, 0.2) is 0 Å². The molecule has 0 aliphatic carbocycles. The summed E-state index contributed by atoms with van der Waals surface area (Å²) < 4.78 is 0. The van der Waals surface area contributed by atoms with Crippen molar-refractivity contribution in [3.63, 3.8) is 0 Å². The fourth-order valence-corrected chi connectivity index (χ4v) is 2.68. The van der Waals surface area contributed by atoms with Crippen molar-refractivity contribution in [1.82, 2.24) is 0 Å². The molecular weight excluding hydrogens is 372 g/mol. The summed E-state index contributed by atoms with van der Waals surface area (Å²) in [6, 6.07) is 23.7. The van der Waals surface area contributed by atoms with E-state index in [-0.39, 0.29) is 11.8 Å². The van der Waals surface area contributed by atoms with Crippen LogP contribution in [0.5, 0.6) is 0 Å². The fourth-order valence-electron chi connectivity index (χ4n) is 2.55. The van der Waals surface area contributed by atoms with E-state index in [1.807, 2.05) is 42.5 Å². The van der Waals surface area contributed by atoms with E-state index in [4.69, 9.17) is 11.6 Å². The Morgan fingerprint density at radius 3 is 2.04 bits per heavy atom. The monoisotopic (exact) mass is 390 g/mol. The zero-order valence-electron chi connectivity index (χ0n) is 15.1. The minimum absolute atomic E-state index is 0.0890. The Bertz CT molecular complexity index is 966. The van der Waals surface area contributed by atoms with E-state index in [2.05, 4.69) is 10.6 Å². The van der Waals surface area contributed by atoms with Crippen LogP contribution in [0.25, 0.3) is 6.08 Å². The summed E-state index contributed by atoms with van der Waals surface area (Å²) in [6.07, 6.45) is 3.48. The molecule has 0 saturated carbocycles. The topological polar surface area (TPSA) is 58.2 Å². The van der Waals surface area contributed by atoms with Gasteiger partial charge in [-0.3, -0.25) is 9.59 Å². The lowest BCUT2D eigenvalue weighted by atomic mass is 10.1. The summed E-state index contributed by atoms with van der Waals surface area (Å²) in [6.45, 7) is 0. The number of carbonyl (C=O) groups is 2. The van der Waals surface area contributed by atoms with Crippen molar-refractivity contribution in [3.8, 4) is 0 Å². The van der Waals surface area contributed by atoms with Crippen LogP contribution in [0.15, 0.2) is 84.9 Å². The van der Waals surface area contributed by atoms with E-state index < -0.39 is 0 Å². The highest BCUT2D eigenvalue weighted by Crippen LogP contribution is 2.15. The third-order valence-electron chi connectivity index (χ3n) is 3.94. The minimum atomic E-state index is -0.240. The Morgan fingerprint density at radius 1 is 0.786 bits per heavy atom. The normalized spacial score (nSPS) is 10.6. The molecule has 0 fully saturated rings. The Hall–Kier alpha value is -3.37. The van der Waals surface area contributed by atoms with E-state index in [0.29, 0.717) is 22.8 Å². The summed E-state index contributed by atoms with van der Waals surface area (Å²) in [5.74, 6) is -0.329. The van der Waals surface area contributed by atoms with E-state index in [0.717, 1.165) is 11.1 Å². The second-order valence-corrected chi connectivity index (χ2v) is 6.60. The lowest BCUT2D eigenvalue weighted by Crippen LogP contribution is -2.14. The first-order chi connectivity index (χ1) is 13.6. The molecule has 0 heterocycles. The Labute approximate surface area is 168 Å². The van der Waals surface area contributed by atoms with Crippen LogP contribution in [0.3, 0.4) is 0 Å². The first-order valence-electron chi connectivity index (χ1n) is 8.77. The third-order valence-corrected chi connectivity index (χ3v) is 4.19. The van der Waals surface area contributed by atoms with Gasteiger partial charge in [0.05, 0.1) is 6.42 Å². The van der Waals surface area contributed by atoms with Crippen LogP contribution >= 0.6 is 11.6 Å². The molecular formula is C23H19ClN2O2. The highest BCUT2D eigenvalue weighted by Gasteiger charge is 2.04. The van der Waals surface area contributed by atoms with Crippen molar-refractivity contribution < 1.29 is 9.59 Å². The average molecular weight is 391 g/mol. The van der Waals surface area contributed by atoms with E-state index >= 15 is 0 Å². The molecule has 28 heavy (non-hydrogen) atoms. The lowest BCUT2D eigenvalue weighted by molar-refractivity contribution is -0.115. The maximum absolute atomic E-state index is 12.1. The predicted molar refractivity (Wildman–Crippen MR) is 114 cm³/mol. The standard InChI is InChI=1S/C23H19ClN2O2/c24-19-9-6-17(7-10-19)8-15-22(27)25-20-11-13-21(14-12-20)26-23(28)16-18-4-2-1-3-5-18/h1-15H,16H2,(H,25,27)(H,26,28)/b15-8+. The number of nitrogens with one attached hydrogen (secondary N) is 2. The number of hydrogen-bond acceptors (Lipinski definition) is 2. The highest BCUT2D eigenvalue weighted by molar-refractivity contribution is 6.30. The molecule has 0 spiro atoms. The molecule has 0 bridgehead atoms. The van der Waals surface area contributed by atoms with Crippen molar-refractivity contribution in [2.24, 2.45) is 0 Å². The second kappa shape index (κ2) is 9.53. The molecule has 3 aromatic rings. The Balaban J connectivity index is 1.51. The highest BCUT2D eigenvalue weighted by atomic mass is 35.5. The summed E-state index contributed by atoms with van der Waals surface area (Å²) >= 11 is 5.84. The molecule has 0 radical (unpaired) electrons. The molecule has 4 nitrogen and oxygen atoms in total. The fraction of sp³-hybridized carbons (Fsp3) is 0.0435. The molecule has 3 rings (SSSR count). The summed E-state index contributed by atoms with van der Waals surface area (Å²) in [5, 5.41) is 6.28. The first kappa shape index (κ1) is 19.4. The molecule has 0 aromatic heterocycles. The van der Waals surface area contributed by atoms with Crippen molar-refractivity contribution >= 4 is 40.9 Å². The second-order valence-electron chi connectivity index (χ2n) is 6.16. The summed E-state index contributed by atoms with van der Waals surface area (Å²) in [5.41, 5.74) is 3.16. The van der Waals surface area contributed by atoms with Gasteiger partial charge in [0, 0.05) is 22.5 Å². The van der Waals surface area contributed by atoms with Crippen LogP contribution in [0.1, 0.15) is 11.1 Å². The number of anilines is 2. The number of carbonyl (C=O) groups excluding carboxylic acids is 2. The van der Waals surface area contributed by atoms with Gasteiger partial charge in [0.2, 0.25) is 11.8 Å². The van der Waals surface area contributed by atoms with Crippen molar-refractivity contribution in [3.05, 3.63) is 101 Å². The zero-order chi connectivity index (χ0) is 19.8. The van der Waals surface area contributed by atoms with Gasteiger partial charge in [-0.2, -0.15) is 0 Å². The van der Waals surface area contributed by atoms with E-state index in [9.17, 15) is 9.59 Å². The van der Waals surface area contributed by atoms with Gasteiger partial charge in [-0.15, -0.1) is 0 Å². The summed E-state index contributed by atoms with van der Waals surface area (Å²) in [7, 11) is 0. The van der Waals surface area contributed by atoms with Gasteiger partial charge in [-0.05, 0) is 53.6 Å². The van der Waals surface area contributed by atoms with Crippen LogP contribution < -0.4 is 10.6 Å². The molecule has 3 aromatic carbocycles. The number of rotatable bonds is 6. The van der Waals surface area contributed by atoms with Crippen LogP contribution in [0.4, 0.5) is 11.4 Å². The number of hydrogen-bond donors (Lipinski definition) is 2. The van der Waals surface area contributed by atoms with E-state index in [1.165, 1.54) is 6.08 Å². The molecule has 0 atom stereocenters. The molecule has 0 aliphatic heterocycles. The molecule has 140 valence electrons. The van der Waals surface area contributed by atoms with Crippen LogP contribution in [-0.4, -0.2) is 11.8 Å². The number of amides is 2. The molecule has 0 aliphatic rings. The average Bonchev–Trinajstić information content (AvgIpc) is 2.70. The molecule has 5 heteroatoms. The van der Waals surface area contributed by atoms with Crippen LogP contribution in [-0.2, 0) is 16.0 Å². The molecule has 0 unspecified atom stereocenters. The lowest BCUT2D eigenvalue weighted by Gasteiger charge is -2.07. The van der Waals surface area contributed by atoms with Gasteiger partial charge in [0.1, 0.15) is 0 Å². The predicted octanol–water partition coefficient (Wildman–Crippen LogP) is 5.17. The Morgan fingerprint density at radius 2 is 1.39 bits per heavy atom. The Kier molecular flexibility index (Phi) is 6.60. The van der Waals surface area contributed by atoms with Gasteiger partial charge in [-0.1, -0.05) is 54.1 Å². The maximum atomic E-state index is 12.1. The molecule has 0 saturated heterocycles.